The van der Waals surface area contributed by atoms with Crippen LogP contribution in [0, 0.1) is 0 Å². The molecular weight excluding hydrogens is 366 g/mol. The molecule has 0 fully saturated rings. The highest BCUT2D eigenvalue weighted by Gasteiger charge is 2.31. The van der Waals surface area contributed by atoms with Crippen LogP contribution in [0.1, 0.15) is 15.9 Å². The number of hydrogen-bond acceptors (Lipinski definition) is 4. The van der Waals surface area contributed by atoms with E-state index in [0.717, 1.165) is 5.56 Å². The van der Waals surface area contributed by atoms with Gasteiger partial charge in [-0.1, -0.05) is 24.3 Å². The second-order valence-electron chi connectivity index (χ2n) is 6.32. The first-order chi connectivity index (χ1) is 12.8. The molecule has 1 aliphatic rings. The van der Waals surface area contributed by atoms with E-state index in [2.05, 4.69) is 5.32 Å². The number of benzene rings is 2. The molecule has 1 heterocycles. The van der Waals surface area contributed by atoms with Gasteiger partial charge in [0.2, 0.25) is 5.91 Å². The second kappa shape index (κ2) is 7.40. The molecule has 0 saturated heterocycles. The number of sulfonamides is 1. The SMILES string of the molecule is CNC(=O)CN(C)C(=O)c1cccc(S(=O)(=O)N2CCc3ccccc32)c1. The number of para-hydroxylation sites is 1. The van der Waals surface area contributed by atoms with E-state index in [4.69, 9.17) is 0 Å². The number of carbonyl (C=O) groups is 2. The third kappa shape index (κ3) is 3.66. The quantitative estimate of drug-likeness (QED) is 0.837. The lowest BCUT2D eigenvalue weighted by molar-refractivity contribution is -0.121. The van der Waals surface area contributed by atoms with E-state index in [1.54, 1.807) is 18.2 Å². The van der Waals surface area contributed by atoms with Crippen molar-refractivity contribution in [2.75, 3.05) is 31.5 Å². The number of anilines is 1. The first-order valence-corrected chi connectivity index (χ1v) is 9.95. The van der Waals surface area contributed by atoms with Crippen molar-refractivity contribution in [1.29, 1.82) is 0 Å². The topological polar surface area (TPSA) is 86.8 Å². The Morgan fingerprint density at radius 1 is 1.15 bits per heavy atom. The third-order valence-electron chi connectivity index (χ3n) is 4.52. The molecule has 27 heavy (non-hydrogen) atoms. The predicted molar refractivity (Wildman–Crippen MR) is 102 cm³/mol. The number of hydrogen-bond donors (Lipinski definition) is 1. The van der Waals surface area contributed by atoms with Crippen molar-refractivity contribution < 1.29 is 18.0 Å². The van der Waals surface area contributed by atoms with E-state index in [0.29, 0.717) is 18.7 Å². The van der Waals surface area contributed by atoms with Gasteiger partial charge in [-0.25, -0.2) is 8.42 Å². The van der Waals surface area contributed by atoms with Crippen molar-refractivity contribution in [2.45, 2.75) is 11.3 Å². The molecule has 8 heteroatoms. The molecule has 0 saturated carbocycles. The number of carbonyl (C=O) groups excluding carboxylic acids is 2. The minimum absolute atomic E-state index is 0.0541. The second-order valence-corrected chi connectivity index (χ2v) is 8.18. The normalized spacial score (nSPS) is 13.2. The van der Waals surface area contributed by atoms with E-state index >= 15 is 0 Å². The molecule has 2 aromatic rings. The Labute approximate surface area is 158 Å². The first-order valence-electron chi connectivity index (χ1n) is 8.51. The highest BCUT2D eigenvalue weighted by atomic mass is 32.2. The average molecular weight is 387 g/mol. The summed E-state index contributed by atoms with van der Waals surface area (Å²) in [6, 6.07) is 13.3. The van der Waals surface area contributed by atoms with Gasteiger partial charge in [-0.15, -0.1) is 0 Å². The first kappa shape index (κ1) is 18.9. The van der Waals surface area contributed by atoms with Gasteiger partial charge in [-0.3, -0.25) is 13.9 Å². The fraction of sp³-hybridized carbons (Fsp3) is 0.263. The van der Waals surface area contributed by atoms with Gasteiger partial charge in [-0.2, -0.15) is 0 Å². The molecule has 2 aromatic carbocycles. The van der Waals surface area contributed by atoms with Crippen LogP contribution >= 0.6 is 0 Å². The van der Waals surface area contributed by atoms with Gasteiger partial charge in [0.25, 0.3) is 15.9 Å². The largest absolute Gasteiger partial charge is 0.358 e. The van der Waals surface area contributed by atoms with Gasteiger partial charge in [0.1, 0.15) is 0 Å². The fourth-order valence-electron chi connectivity index (χ4n) is 3.06. The summed E-state index contributed by atoms with van der Waals surface area (Å²) in [6.07, 6.45) is 0.656. The summed E-state index contributed by atoms with van der Waals surface area (Å²) in [7, 11) is -0.795. The van der Waals surface area contributed by atoms with Gasteiger partial charge in [0.05, 0.1) is 17.1 Å². The lowest BCUT2D eigenvalue weighted by Gasteiger charge is -2.20. The molecule has 3 rings (SSSR count). The van der Waals surface area contributed by atoms with Crippen LogP contribution in [0.5, 0.6) is 0 Å². The smallest absolute Gasteiger partial charge is 0.264 e. The number of nitrogens with one attached hydrogen (secondary N) is 1. The molecule has 0 aromatic heterocycles. The third-order valence-corrected chi connectivity index (χ3v) is 6.33. The molecule has 0 aliphatic carbocycles. The van der Waals surface area contributed by atoms with E-state index in [-0.39, 0.29) is 22.9 Å². The molecule has 0 bridgehead atoms. The summed E-state index contributed by atoms with van der Waals surface area (Å²) in [4.78, 5) is 25.3. The lowest BCUT2D eigenvalue weighted by Crippen LogP contribution is -2.37. The molecule has 142 valence electrons. The maximum Gasteiger partial charge on any atom is 0.264 e. The Hall–Kier alpha value is -2.87. The summed E-state index contributed by atoms with van der Waals surface area (Å²) in [6.45, 7) is 0.266. The maximum absolute atomic E-state index is 13.1. The Morgan fingerprint density at radius 3 is 2.63 bits per heavy atom. The van der Waals surface area contributed by atoms with Gasteiger partial charge in [0, 0.05) is 26.2 Å². The summed E-state index contributed by atoms with van der Waals surface area (Å²) >= 11 is 0. The van der Waals surface area contributed by atoms with Gasteiger partial charge >= 0.3 is 0 Å². The van der Waals surface area contributed by atoms with Crippen LogP contribution in [0.4, 0.5) is 5.69 Å². The van der Waals surface area contributed by atoms with Crippen LogP contribution in [0.15, 0.2) is 53.4 Å². The summed E-state index contributed by atoms with van der Waals surface area (Å²) < 4.78 is 27.6. The maximum atomic E-state index is 13.1. The molecule has 7 nitrogen and oxygen atoms in total. The van der Waals surface area contributed by atoms with E-state index < -0.39 is 15.9 Å². The molecule has 0 atom stereocenters. The summed E-state index contributed by atoms with van der Waals surface area (Å²) in [5.41, 5.74) is 1.87. The van der Waals surface area contributed by atoms with E-state index in [9.17, 15) is 18.0 Å². The van der Waals surface area contributed by atoms with Crippen LogP contribution in [-0.4, -0.2) is 52.3 Å². The zero-order chi connectivity index (χ0) is 19.6. The van der Waals surface area contributed by atoms with Crippen LogP contribution in [0.2, 0.25) is 0 Å². The number of amides is 2. The van der Waals surface area contributed by atoms with Gasteiger partial charge < -0.3 is 10.2 Å². The summed E-state index contributed by atoms with van der Waals surface area (Å²) in [5, 5.41) is 2.45. The van der Waals surface area contributed by atoms with Gasteiger partial charge in [0.15, 0.2) is 0 Å². The number of rotatable bonds is 5. The molecule has 0 radical (unpaired) electrons. The Morgan fingerprint density at radius 2 is 1.89 bits per heavy atom. The summed E-state index contributed by atoms with van der Waals surface area (Å²) in [5.74, 6) is -0.722. The zero-order valence-corrected chi connectivity index (χ0v) is 16.0. The van der Waals surface area contributed by atoms with Crippen molar-refractivity contribution in [3.63, 3.8) is 0 Å². The lowest BCUT2D eigenvalue weighted by atomic mass is 10.2. The van der Waals surface area contributed by atoms with Crippen LogP contribution in [-0.2, 0) is 21.2 Å². The fourth-order valence-corrected chi connectivity index (χ4v) is 4.61. The minimum atomic E-state index is -3.78. The average Bonchev–Trinajstić information content (AvgIpc) is 3.12. The molecular formula is C19H21N3O4S. The van der Waals surface area contributed by atoms with E-state index in [1.165, 1.54) is 41.5 Å². The van der Waals surface area contributed by atoms with Crippen molar-refractivity contribution in [2.24, 2.45) is 0 Å². The molecule has 0 unspecified atom stereocenters. The Balaban J connectivity index is 1.89. The molecule has 1 aliphatic heterocycles. The van der Waals surface area contributed by atoms with Crippen molar-refractivity contribution in [1.82, 2.24) is 10.2 Å². The van der Waals surface area contributed by atoms with Crippen molar-refractivity contribution in [3.05, 3.63) is 59.7 Å². The van der Waals surface area contributed by atoms with Crippen LogP contribution in [0.3, 0.4) is 0 Å². The predicted octanol–water partition coefficient (Wildman–Crippen LogP) is 1.26. The highest BCUT2D eigenvalue weighted by Crippen LogP contribution is 2.32. The highest BCUT2D eigenvalue weighted by molar-refractivity contribution is 7.92. The number of fused-ring (bicyclic) bond motifs is 1. The standard InChI is InChI=1S/C19H21N3O4S/c1-20-18(23)13-21(2)19(24)15-7-5-8-16(12-15)27(25,26)22-11-10-14-6-3-4-9-17(14)22/h3-9,12H,10-11,13H2,1-2H3,(H,20,23). The number of likely N-dealkylation sites (N-methyl/N-ethyl adjacent to an activating group) is 2. The van der Waals surface area contributed by atoms with Crippen LogP contribution < -0.4 is 9.62 Å². The van der Waals surface area contributed by atoms with E-state index in [1.807, 2.05) is 12.1 Å². The molecule has 2 amide bonds. The van der Waals surface area contributed by atoms with Crippen LogP contribution in [0.25, 0.3) is 0 Å². The minimum Gasteiger partial charge on any atom is -0.358 e. The van der Waals surface area contributed by atoms with Crippen molar-refractivity contribution >= 4 is 27.5 Å². The molecule has 0 spiro atoms. The van der Waals surface area contributed by atoms with Gasteiger partial charge in [-0.05, 0) is 36.2 Å². The monoisotopic (exact) mass is 387 g/mol. The molecule has 1 N–H and O–H groups in total. The Bertz CT molecular complexity index is 988. The zero-order valence-electron chi connectivity index (χ0n) is 15.2. The van der Waals surface area contributed by atoms with Crippen molar-refractivity contribution in [3.8, 4) is 0 Å². The number of nitrogens with zero attached hydrogens (tertiary/aromatic N) is 2. The Kier molecular flexibility index (Phi) is 5.18.